The molecule has 0 unspecified atom stereocenters. The third-order valence-electron chi connectivity index (χ3n) is 8.81. The van der Waals surface area contributed by atoms with Gasteiger partial charge in [-0.1, -0.05) is 72.8 Å². The van der Waals surface area contributed by atoms with Gasteiger partial charge in [0.1, 0.15) is 17.9 Å². The molecule has 0 bridgehead atoms. The van der Waals surface area contributed by atoms with Crippen LogP contribution in [-0.4, -0.2) is 77.7 Å². The van der Waals surface area contributed by atoms with Crippen LogP contribution in [0.5, 0.6) is 0 Å². The summed E-state index contributed by atoms with van der Waals surface area (Å²) in [7, 11) is 1.65. The van der Waals surface area contributed by atoms with Crippen LogP contribution in [0.2, 0.25) is 0 Å². The Morgan fingerprint density at radius 3 is 2.11 bits per heavy atom. The number of carbonyl (C=O) groups excluding carboxylic acids is 4. The molecule has 2 aliphatic rings. The molecule has 4 atom stereocenters. The molecular formula is C35H40FN5O4. The Bertz CT molecular complexity index is 1450. The van der Waals surface area contributed by atoms with Crippen LogP contribution >= 0.6 is 0 Å². The highest BCUT2D eigenvalue weighted by molar-refractivity contribution is 5.94. The van der Waals surface area contributed by atoms with E-state index in [4.69, 9.17) is 0 Å². The molecule has 3 N–H and O–H groups in total. The Morgan fingerprint density at radius 2 is 1.51 bits per heavy atom. The lowest BCUT2D eigenvalue weighted by molar-refractivity contribution is -0.147. The number of halogens is 1. The van der Waals surface area contributed by atoms with Gasteiger partial charge in [-0.15, -0.1) is 0 Å². The van der Waals surface area contributed by atoms with Crippen molar-refractivity contribution < 1.29 is 23.6 Å². The van der Waals surface area contributed by atoms with E-state index in [2.05, 4.69) is 16.0 Å². The molecule has 2 aliphatic heterocycles. The molecule has 9 nitrogen and oxygen atoms in total. The summed E-state index contributed by atoms with van der Waals surface area (Å²) in [5, 5.41) is 8.92. The first-order valence-electron chi connectivity index (χ1n) is 15.5. The highest BCUT2D eigenvalue weighted by Gasteiger charge is 2.46. The number of fused-ring (bicyclic) bond motifs is 1. The van der Waals surface area contributed by atoms with E-state index in [1.165, 1.54) is 12.1 Å². The normalized spacial score (nSPS) is 20.6. The quantitative estimate of drug-likeness (QED) is 0.344. The number of amides is 4. The molecule has 0 radical (unpaired) electrons. The molecule has 0 aromatic heterocycles. The van der Waals surface area contributed by atoms with Gasteiger partial charge in [0.15, 0.2) is 0 Å². The SMILES string of the molecule is CN[C@@H](C)C(=O)N[C@H]1CN(C(=O)Cc2ccc(F)cc2)CC[C@H]2CC[C@@H](C(=O)NC(c3ccccc3)c3ccccc3)N2C1=O. The fourth-order valence-electron chi connectivity index (χ4n) is 6.17. The lowest BCUT2D eigenvalue weighted by Gasteiger charge is -2.39. The number of hydrogen-bond donors (Lipinski definition) is 3. The molecule has 2 saturated heterocycles. The second kappa shape index (κ2) is 14.5. The van der Waals surface area contributed by atoms with E-state index >= 15 is 0 Å². The molecule has 3 aromatic rings. The van der Waals surface area contributed by atoms with Gasteiger partial charge >= 0.3 is 0 Å². The van der Waals surface area contributed by atoms with Crippen molar-refractivity contribution in [2.24, 2.45) is 0 Å². The number of nitrogens with one attached hydrogen (secondary N) is 3. The van der Waals surface area contributed by atoms with Crippen molar-refractivity contribution in [3.8, 4) is 0 Å². The average Bonchev–Trinajstić information content (AvgIpc) is 3.48. The van der Waals surface area contributed by atoms with Crippen LogP contribution in [-0.2, 0) is 25.6 Å². The highest BCUT2D eigenvalue weighted by atomic mass is 19.1. The Balaban J connectivity index is 1.38. The smallest absolute Gasteiger partial charge is 0.247 e. The lowest BCUT2D eigenvalue weighted by atomic mass is 9.98. The van der Waals surface area contributed by atoms with Crippen molar-refractivity contribution in [3.05, 3.63) is 107 Å². The minimum absolute atomic E-state index is 0.0325. The van der Waals surface area contributed by atoms with Crippen LogP contribution in [0.15, 0.2) is 84.9 Å². The number of benzene rings is 3. The van der Waals surface area contributed by atoms with Crippen LogP contribution in [0.25, 0.3) is 0 Å². The molecule has 10 heteroatoms. The van der Waals surface area contributed by atoms with Gasteiger partial charge in [-0.3, -0.25) is 19.2 Å². The molecule has 45 heavy (non-hydrogen) atoms. The Labute approximate surface area is 263 Å². The molecule has 236 valence electrons. The first kappa shape index (κ1) is 31.8. The lowest BCUT2D eigenvalue weighted by Crippen LogP contribution is -2.62. The number of likely N-dealkylation sites (N-methyl/N-ethyl adjacent to an activating group) is 1. The van der Waals surface area contributed by atoms with Gasteiger partial charge in [0.2, 0.25) is 23.6 Å². The van der Waals surface area contributed by atoms with Crippen molar-refractivity contribution in [1.82, 2.24) is 25.8 Å². The van der Waals surface area contributed by atoms with E-state index < -0.39 is 24.2 Å². The van der Waals surface area contributed by atoms with Gasteiger partial charge in [0.05, 0.1) is 18.5 Å². The van der Waals surface area contributed by atoms with E-state index in [9.17, 15) is 23.6 Å². The summed E-state index contributed by atoms with van der Waals surface area (Å²) in [5.41, 5.74) is 2.50. The molecule has 4 amide bonds. The Morgan fingerprint density at radius 1 is 0.889 bits per heavy atom. The monoisotopic (exact) mass is 613 g/mol. The zero-order valence-corrected chi connectivity index (χ0v) is 25.6. The summed E-state index contributed by atoms with van der Waals surface area (Å²) in [6, 6.07) is 22.1. The summed E-state index contributed by atoms with van der Waals surface area (Å²) >= 11 is 0. The molecular weight excluding hydrogens is 573 g/mol. The zero-order valence-electron chi connectivity index (χ0n) is 25.6. The van der Waals surface area contributed by atoms with Crippen molar-refractivity contribution in [1.29, 1.82) is 0 Å². The summed E-state index contributed by atoms with van der Waals surface area (Å²) in [6.07, 6.45) is 1.61. The number of carbonyl (C=O) groups is 4. The van der Waals surface area contributed by atoms with E-state index in [0.717, 1.165) is 11.1 Å². The average molecular weight is 614 g/mol. The zero-order chi connectivity index (χ0) is 31.9. The van der Waals surface area contributed by atoms with Crippen molar-refractivity contribution in [2.75, 3.05) is 20.1 Å². The largest absolute Gasteiger partial charge is 0.343 e. The van der Waals surface area contributed by atoms with Gasteiger partial charge in [-0.25, -0.2) is 4.39 Å². The minimum Gasteiger partial charge on any atom is -0.343 e. The van der Waals surface area contributed by atoms with Crippen LogP contribution in [0.1, 0.15) is 48.9 Å². The Kier molecular flexibility index (Phi) is 10.2. The number of hydrogen-bond acceptors (Lipinski definition) is 5. The molecule has 3 aromatic carbocycles. The van der Waals surface area contributed by atoms with Crippen molar-refractivity contribution in [3.63, 3.8) is 0 Å². The molecule has 0 saturated carbocycles. The van der Waals surface area contributed by atoms with Crippen LogP contribution in [0.3, 0.4) is 0 Å². The van der Waals surface area contributed by atoms with E-state index in [-0.39, 0.29) is 48.5 Å². The van der Waals surface area contributed by atoms with Gasteiger partial charge < -0.3 is 25.8 Å². The summed E-state index contributed by atoms with van der Waals surface area (Å²) in [6.45, 7) is 2.01. The Hall–Kier alpha value is -4.57. The fourth-order valence-corrected chi connectivity index (χ4v) is 6.17. The van der Waals surface area contributed by atoms with E-state index in [0.29, 0.717) is 31.4 Å². The van der Waals surface area contributed by atoms with Gasteiger partial charge in [0, 0.05) is 19.1 Å². The third kappa shape index (κ3) is 7.57. The maximum Gasteiger partial charge on any atom is 0.247 e. The van der Waals surface area contributed by atoms with Crippen molar-refractivity contribution >= 4 is 23.6 Å². The molecule has 0 aliphatic carbocycles. The second-order valence-corrected chi connectivity index (χ2v) is 11.8. The van der Waals surface area contributed by atoms with Crippen LogP contribution in [0, 0.1) is 5.82 Å². The molecule has 0 spiro atoms. The second-order valence-electron chi connectivity index (χ2n) is 11.8. The molecule has 5 rings (SSSR count). The maximum absolute atomic E-state index is 14.3. The predicted molar refractivity (Wildman–Crippen MR) is 168 cm³/mol. The molecule has 2 heterocycles. The summed E-state index contributed by atoms with van der Waals surface area (Å²) < 4.78 is 13.4. The third-order valence-corrected chi connectivity index (χ3v) is 8.81. The summed E-state index contributed by atoms with van der Waals surface area (Å²) in [4.78, 5) is 57.9. The fraction of sp³-hybridized carbons (Fsp3) is 0.371. The van der Waals surface area contributed by atoms with Crippen molar-refractivity contribution in [2.45, 2.75) is 62.8 Å². The number of nitrogens with zero attached hydrogens (tertiary/aromatic N) is 2. The van der Waals surface area contributed by atoms with E-state index in [1.807, 2.05) is 60.7 Å². The van der Waals surface area contributed by atoms with Gasteiger partial charge in [0.25, 0.3) is 0 Å². The van der Waals surface area contributed by atoms with Gasteiger partial charge in [-0.2, -0.15) is 0 Å². The van der Waals surface area contributed by atoms with Crippen LogP contribution in [0.4, 0.5) is 4.39 Å². The maximum atomic E-state index is 14.3. The highest BCUT2D eigenvalue weighted by Crippen LogP contribution is 2.31. The first-order valence-corrected chi connectivity index (χ1v) is 15.5. The molecule has 2 fully saturated rings. The minimum atomic E-state index is -1.04. The van der Waals surface area contributed by atoms with E-state index in [1.54, 1.807) is 35.9 Å². The summed E-state index contributed by atoms with van der Waals surface area (Å²) in [5.74, 6) is -1.63. The number of rotatable bonds is 9. The predicted octanol–water partition coefficient (Wildman–Crippen LogP) is 2.96. The first-order chi connectivity index (χ1) is 21.7. The topological polar surface area (TPSA) is 111 Å². The van der Waals surface area contributed by atoms with Gasteiger partial charge in [-0.05, 0) is 62.1 Å². The standard InChI is InChI=1S/C35H40FN5O4/c1-23(37-2)33(43)38-29-22-40(31(42)21-24-13-15-27(36)16-14-24)20-19-28-17-18-30(41(28)35(29)45)34(44)39-32(25-9-5-3-6-10-25)26-11-7-4-8-12-26/h3-16,23,28-30,32,37H,17-22H2,1-2H3,(H,38,43)(H,39,44)/t23-,28+,29-,30-/m0/s1. The van der Waals surface area contributed by atoms with Crippen LogP contribution < -0.4 is 16.0 Å².